The van der Waals surface area contributed by atoms with Crippen molar-refractivity contribution >= 4 is 5.78 Å². The summed E-state index contributed by atoms with van der Waals surface area (Å²) in [6, 6.07) is 20.7. The average Bonchev–Trinajstić information content (AvgIpc) is 2.91. The van der Waals surface area contributed by atoms with E-state index in [1.807, 2.05) is 12.1 Å². The lowest BCUT2D eigenvalue weighted by molar-refractivity contribution is -0.119. The maximum atomic E-state index is 12.1. The molecular formula is C33H50O3. The molecular weight excluding hydrogens is 444 g/mol. The van der Waals surface area contributed by atoms with Crippen molar-refractivity contribution in [3.63, 3.8) is 0 Å². The molecule has 0 heterocycles. The molecule has 3 heteroatoms. The molecule has 0 unspecified atom stereocenters. The van der Waals surface area contributed by atoms with E-state index in [9.17, 15) is 4.79 Å². The highest BCUT2D eigenvalue weighted by molar-refractivity contribution is 5.78. The molecule has 0 amide bonds. The number of ketones is 1. The Kier molecular flexibility index (Phi) is 18.7. The molecule has 0 fully saturated rings. The van der Waals surface area contributed by atoms with Crippen LogP contribution in [-0.4, -0.2) is 19.0 Å². The van der Waals surface area contributed by atoms with E-state index in [2.05, 4.69) is 48.5 Å². The third-order valence-corrected chi connectivity index (χ3v) is 6.71. The second kappa shape index (κ2) is 22.2. The van der Waals surface area contributed by atoms with Crippen LogP contribution in [0, 0.1) is 0 Å². The minimum atomic E-state index is 0.473. The Morgan fingerprint density at radius 1 is 0.444 bits per heavy atom. The number of carbonyl (C=O) groups is 1. The van der Waals surface area contributed by atoms with Gasteiger partial charge in [0.15, 0.2) is 0 Å². The van der Waals surface area contributed by atoms with E-state index in [0.717, 1.165) is 65.0 Å². The number of carbonyl (C=O) groups excluding carboxylic acids is 1. The van der Waals surface area contributed by atoms with Crippen molar-refractivity contribution in [2.45, 2.75) is 116 Å². The van der Waals surface area contributed by atoms with E-state index >= 15 is 0 Å². The van der Waals surface area contributed by atoms with Crippen LogP contribution >= 0.6 is 0 Å². The van der Waals surface area contributed by atoms with Crippen molar-refractivity contribution in [2.24, 2.45) is 0 Å². The lowest BCUT2D eigenvalue weighted by atomic mass is 10.0. The van der Waals surface area contributed by atoms with Gasteiger partial charge in [0.05, 0.1) is 13.2 Å². The predicted octanol–water partition coefficient (Wildman–Crippen LogP) is 9.23. The third-order valence-electron chi connectivity index (χ3n) is 6.71. The maximum absolute atomic E-state index is 12.1. The second-order valence-electron chi connectivity index (χ2n) is 10.1. The van der Waals surface area contributed by atoms with E-state index in [4.69, 9.17) is 9.47 Å². The molecule has 0 aromatic heterocycles. The fourth-order valence-corrected chi connectivity index (χ4v) is 4.47. The first-order chi connectivity index (χ1) is 17.8. The molecule has 3 nitrogen and oxygen atoms in total. The molecule has 200 valence electrons. The fraction of sp³-hybridized carbons (Fsp3) is 0.606. The Labute approximate surface area is 221 Å². The number of ether oxygens (including phenoxy) is 2. The molecule has 0 bridgehead atoms. The van der Waals surface area contributed by atoms with Gasteiger partial charge in [0.2, 0.25) is 0 Å². The second-order valence-corrected chi connectivity index (χ2v) is 10.1. The molecule has 0 saturated heterocycles. The highest BCUT2D eigenvalue weighted by Crippen LogP contribution is 2.13. The van der Waals surface area contributed by atoms with Crippen molar-refractivity contribution < 1.29 is 14.3 Å². The van der Waals surface area contributed by atoms with Crippen molar-refractivity contribution in [3.8, 4) is 0 Å². The predicted molar refractivity (Wildman–Crippen MR) is 151 cm³/mol. The molecule has 0 aliphatic carbocycles. The van der Waals surface area contributed by atoms with E-state index in [1.54, 1.807) is 0 Å². The number of Topliss-reactive ketones (excluding diaryl/α,β-unsaturated/α-hetero) is 1. The zero-order valence-electron chi connectivity index (χ0n) is 22.6. The minimum Gasteiger partial charge on any atom is -0.377 e. The van der Waals surface area contributed by atoms with Crippen LogP contribution < -0.4 is 0 Å². The zero-order chi connectivity index (χ0) is 25.4. The average molecular weight is 495 g/mol. The molecule has 2 aromatic carbocycles. The largest absolute Gasteiger partial charge is 0.377 e. The molecule has 0 spiro atoms. The number of rotatable bonds is 24. The first-order valence-corrected chi connectivity index (χ1v) is 14.6. The number of benzene rings is 2. The molecule has 0 radical (unpaired) electrons. The van der Waals surface area contributed by atoms with Gasteiger partial charge in [-0.2, -0.15) is 0 Å². The summed E-state index contributed by atoms with van der Waals surface area (Å²) in [6.45, 7) is 3.16. The molecule has 0 atom stereocenters. The summed E-state index contributed by atoms with van der Waals surface area (Å²) < 4.78 is 11.5. The van der Waals surface area contributed by atoms with Crippen LogP contribution in [-0.2, 0) is 27.5 Å². The Bertz CT molecular complexity index is 681. The molecule has 0 N–H and O–H groups in total. The summed E-state index contributed by atoms with van der Waals surface area (Å²) in [5.41, 5.74) is 2.50. The van der Waals surface area contributed by atoms with Gasteiger partial charge in [0, 0.05) is 26.1 Å². The van der Waals surface area contributed by atoms with Gasteiger partial charge >= 0.3 is 0 Å². The van der Waals surface area contributed by atoms with E-state index < -0.39 is 0 Å². The monoisotopic (exact) mass is 494 g/mol. The summed E-state index contributed by atoms with van der Waals surface area (Å²) in [6.07, 6.45) is 18.6. The standard InChI is InChI=1S/C33H50O3/c34-33(25-17-7-3-1-5-9-19-27-35-29-31-21-13-11-14-22-31)26-18-8-4-2-6-10-20-28-36-30-32-23-15-12-16-24-32/h11-16,21-24H,1-10,17-20,25-30H2. The van der Waals surface area contributed by atoms with Gasteiger partial charge in [-0.1, -0.05) is 125 Å². The van der Waals surface area contributed by atoms with Crippen LogP contribution in [0.25, 0.3) is 0 Å². The quantitative estimate of drug-likeness (QED) is 0.136. The molecule has 0 saturated carbocycles. The fourth-order valence-electron chi connectivity index (χ4n) is 4.47. The molecule has 2 aromatic rings. The van der Waals surface area contributed by atoms with Crippen molar-refractivity contribution in [1.82, 2.24) is 0 Å². The van der Waals surface area contributed by atoms with Crippen LogP contribution in [0.4, 0.5) is 0 Å². The lowest BCUT2D eigenvalue weighted by Gasteiger charge is -2.05. The summed E-state index contributed by atoms with van der Waals surface area (Å²) in [4.78, 5) is 12.1. The highest BCUT2D eigenvalue weighted by atomic mass is 16.5. The highest BCUT2D eigenvalue weighted by Gasteiger charge is 2.02. The van der Waals surface area contributed by atoms with E-state index in [0.29, 0.717) is 5.78 Å². The van der Waals surface area contributed by atoms with Crippen LogP contribution in [0.1, 0.15) is 114 Å². The van der Waals surface area contributed by atoms with E-state index in [1.165, 1.54) is 75.3 Å². The van der Waals surface area contributed by atoms with Crippen molar-refractivity contribution in [2.75, 3.05) is 13.2 Å². The van der Waals surface area contributed by atoms with E-state index in [-0.39, 0.29) is 0 Å². The topological polar surface area (TPSA) is 35.5 Å². The minimum absolute atomic E-state index is 0.473. The molecule has 36 heavy (non-hydrogen) atoms. The SMILES string of the molecule is O=C(CCCCCCCCCOCc1ccccc1)CCCCCCCCCOCc1ccccc1. The first kappa shape index (κ1) is 30.3. The van der Waals surface area contributed by atoms with Gasteiger partial charge in [-0.05, 0) is 36.8 Å². The Morgan fingerprint density at radius 3 is 1.17 bits per heavy atom. The van der Waals surface area contributed by atoms with Gasteiger partial charge in [-0.25, -0.2) is 0 Å². The Balaban J connectivity index is 1.23. The third kappa shape index (κ3) is 17.5. The summed E-state index contributed by atoms with van der Waals surface area (Å²) >= 11 is 0. The smallest absolute Gasteiger partial charge is 0.132 e. The Hall–Kier alpha value is -1.97. The van der Waals surface area contributed by atoms with Gasteiger partial charge in [0.25, 0.3) is 0 Å². The summed E-state index contributed by atoms with van der Waals surface area (Å²) in [7, 11) is 0. The maximum Gasteiger partial charge on any atom is 0.132 e. The number of hydrogen-bond acceptors (Lipinski definition) is 3. The molecule has 0 aliphatic rings. The van der Waals surface area contributed by atoms with Crippen LogP contribution in [0.2, 0.25) is 0 Å². The summed E-state index contributed by atoms with van der Waals surface area (Å²) in [5, 5.41) is 0. The normalized spacial score (nSPS) is 11.1. The summed E-state index contributed by atoms with van der Waals surface area (Å²) in [5.74, 6) is 0.473. The zero-order valence-corrected chi connectivity index (χ0v) is 22.6. The van der Waals surface area contributed by atoms with Gasteiger partial charge in [-0.3, -0.25) is 4.79 Å². The van der Waals surface area contributed by atoms with Crippen molar-refractivity contribution in [3.05, 3.63) is 71.8 Å². The van der Waals surface area contributed by atoms with Crippen LogP contribution in [0.3, 0.4) is 0 Å². The van der Waals surface area contributed by atoms with Crippen molar-refractivity contribution in [1.29, 1.82) is 0 Å². The lowest BCUT2D eigenvalue weighted by Crippen LogP contribution is -1.98. The van der Waals surface area contributed by atoms with Gasteiger partial charge < -0.3 is 9.47 Å². The van der Waals surface area contributed by atoms with Gasteiger partial charge in [0.1, 0.15) is 5.78 Å². The first-order valence-electron chi connectivity index (χ1n) is 14.6. The van der Waals surface area contributed by atoms with Crippen LogP contribution in [0.5, 0.6) is 0 Å². The van der Waals surface area contributed by atoms with Crippen LogP contribution in [0.15, 0.2) is 60.7 Å². The molecule has 2 rings (SSSR count). The molecule has 0 aliphatic heterocycles. The number of unbranched alkanes of at least 4 members (excludes halogenated alkanes) is 12. The van der Waals surface area contributed by atoms with Gasteiger partial charge in [-0.15, -0.1) is 0 Å². The number of hydrogen-bond donors (Lipinski definition) is 0. The Morgan fingerprint density at radius 2 is 0.778 bits per heavy atom.